The van der Waals surface area contributed by atoms with Crippen molar-refractivity contribution in [3.63, 3.8) is 0 Å². The second kappa shape index (κ2) is 12.6. The van der Waals surface area contributed by atoms with Gasteiger partial charge in [0.15, 0.2) is 0 Å². The third-order valence-electron chi connectivity index (χ3n) is 7.03. The number of carboxylic acid groups (broad SMARTS) is 1. The monoisotopic (exact) mass is 574 g/mol. The first-order valence-corrected chi connectivity index (χ1v) is 13.8. The van der Waals surface area contributed by atoms with E-state index in [2.05, 4.69) is 26.9 Å². The molecule has 2 aliphatic rings. The summed E-state index contributed by atoms with van der Waals surface area (Å²) in [5, 5.41) is 9.84. The van der Waals surface area contributed by atoms with Gasteiger partial charge in [-0.2, -0.15) is 0 Å². The predicted octanol–water partition coefficient (Wildman–Crippen LogP) is 4.52. The summed E-state index contributed by atoms with van der Waals surface area (Å²) >= 11 is 12.7. The van der Waals surface area contributed by atoms with Crippen molar-refractivity contribution in [2.45, 2.75) is 31.3 Å². The van der Waals surface area contributed by atoms with E-state index < -0.39 is 11.8 Å². The third kappa shape index (κ3) is 7.04. The van der Waals surface area contributed by atoms with E-state index in [9.17, 15) is 4.79 Å². The molecule has 2 atom stereocenters. The maximum absolute atomic E-state index is 10.7. The second-order valence-corrected chi connectivity index (χ2v) is 10.6. The van der Waals surface area contributed by atoms with E-state index in [4.69, 9.17) is 42.5 Å². The molecular formula is C28H32Cl2N4O5. The summed E-state index contributed by atoms with van der Waals surface area (Å²) in [6.07, 6.45) is 5.88. The van der Waals surface area contributed by atoms with Crippen molar-refractivity contribution in [3.8, 4) is 5.75 Å². The van der Waals surface area contributed by atoms with Gasteiger partial charge in [0.1, 0.15) is 18.5 Å². The van der Waals surface area contributed by atoms with Crippen LogP contribution < -0.4 is 9.64 Å². The third-order valence-corrected chi connectivity index (χ3v) is 7.57. The zero-order valence-corrected chi connectivity index (χ0v) is 23.1. The Balaban J connectivity index is 1.15. The smallest absolute Gasteiger partial charge is 0.303 e. The number of benzene rings is 2. The van der Waals surface area contributed by atoms with Crippen molar-refractivity contribution in [1.29, 1.82) is 0 Å². The SMILES string of the molecule is O=C(O)CCCN1CCN(c2ccc(OC[C@@H]3CO[C@@](Cn4ccnc4)(c4ccc(Cl)cc4Cl)O3)cc2)CC1. The highest BCUT2D eigenvalue weighted by atomic mass is 35.5. The summed E-state index contributed by atoms with van der Waals surface area (Å²) in [5.41, 5.74) is 1.85. The summed E-state index contributed by atoms with van der Waals surface area (Å²) < 4.78 is 20.7. The zero-order valence-electron chi connectivity index (χ0n) is 21.5. The molecule has 0 bridgehead atoms. The van der Waals surface area contributed by atoms with E-state index >= 15 is 0 Å². The fraction of sp³-hybridized carbons (Fsp3) is 0.429. The number of halogens is 2. The van der Waals surface area contributed by atoms with Gasteiger partial charge >= 0.3 is 5.97 Å². The summed E-state index contributed by atoms with van der Waals surface area (Å²) in [5.74, 6) is -1.07. The Hall–Kier alpha value is -2.82. The van der Waals surface area contributed by atoms with Crippen molar-refractivity contribution < 1.29 is 24.1 Å². The quantitative estimate of drug-likeness (QED) is 0.357. The van der Waals surface area contributed by atoms with Gasteiger partial charge in [-0.15, -0.1) is 0 Å². The Morgan fingerprint density at radius 3 is 2.62 bits per heavy atom. The van der Waals surface area contributed by atoms with Gasteiger partial charge in [0.2, 0.25) is 5.79 Å². The number of nitrogens with zero attached hydrogens (tertiary/aromatic N) is 4. The molecule has 3 heterocycles. The molecule has 0 amide bonds. The van der Waals surface area contributed by atoms with Crippen LogP contribution >= 0.6 is 23.2 Å². The Kier molecular flexibility index (Phi) is 8.94. The normalized spacial score (nSPS) is 21.8. The van der Waals surface area contributed by atoms with E-state index in [0.29, 0.717) is 41.8 Å². The van der Waals surface area contributed by atoms with Crippen molar-refractivity contribution in [2.24, 2.45) is 0 Å². The minimum atomic E-state index is -1.09. The Labute approximate surface area is 237 Å². The first kappa shape index (κ1) is 27.7. The molecule has 2 aliphatic heterocycles. The van der Waals surface area contributed by atoms with Crippen LogP contribution in [-0.4, -0.2) is 77.6 Å². The molecule has 0 spiro atoms. The standard InChI is InChI=1S/C28H32Cl2N4O5/c29-21-3-8-25(26(30)16-21)28(19-33-11-9-31-20-33)38-18-24(39-28)17-37-23-6-4-22(5-7-23)34-14-12-32(13-15-34)10-1-2-27(35)36/h3-9,11,16,20,24H,1-2,10,12-15,17-19H2,(H,35,36)/t24-,28-/m1/s1. The molecule has 0 saturated carbocycles. The molecule has 1 aromatic heterocycles. The highest BCUT2D eigenvalue weighted by Crippen LogP contribution is 2.40. The van der Waals surface area contributed by atoms with E-state index in [0.717, 1.165) is 44.2 Å². The van der Waals surface area contributed by atoms with Crippen molar-refractivity contribution in [1.82, 2.24) is 14.5 Å². The maximum Gasteiger partial charge on any atom is 0.303 e. The van der Waals surface area contributed by atoms with Crippen LogP contribution in [0.1, 0.15) is 18.4 Å². The molecule has 0 radical (unpaired) electrons. The maximum atomic E-state index is 10.7. The Morgan fingerprint density at radius 1 is 1.13 bits per heavy atom. The number of carboxylic acids is 1. The van der Waals surface area contributed by atoms with Crippen LogP contribution in [0, 0.1) is 0 Å². The lowest BCUT2D eigenvalue weighted by molar-refractivity contribution is -0.189. The molecular weight excluding hydrogens is 543 g/mol. The molecule has 2 fully saturated rings. The molecule has 39 heavy (non-hydrogen) atoms. The number of anilines is 1. The number of rotatable bonds is 11. The number of piperazine rings is 1. The number of aromatic nitrogens is 2. The average molecular weight is 575 g/mol. The summed E-state index contributed by atoms with van der Waals surface area (Å²) in [6, 6.07) is 13.4. The molecule has 0 unspecified atom stereocenters. The van der Waals surface area contributed by atoms with Gasteiger partial charge in [0.05, 0.1) is 24.5 Å². The average Bonchev–Trinajstić information content (AvgIpc) is 3.59. The van der Waals surface area contributed by atoms with Crippen LogP contribution in [0.25, 0.3) is 0 Å². The number of imidazole rings is 1. The number of aliphatic carboxylic acids is 1. The molecule has 2 aromatic carbocycles. The number of carbonyl (C=O) groups is 1. The molecule has 3 aromatic rings. The fourth-order valence-electron chi connectivity index (χ4n) is 5.00. The minimum absolute atomic E-state index is 0.222. The molecule has 2 saturated heterocycles. The van der Waals surface area contributed by atoms with Crippen LogP contribution in [0.15, 0.2) is 61.2 Å². The van der Waals surface area contributed by atoms with E-state index in [1.807, 2.05) is 29.0 Å². The topological polar surface area (TPSA) is 89.3 Å². The lowest BCUT2D eigenvalue weighted by Gasteiger charge is -2.36. The van der Waals surface area contributed by atoms with Crippen molar-refractivity contribution in [3.05, 3.63) is 76.8 Å². The molecule has 9 nitrogen and oxygen atoms in total. The summed E-state index contributed by atoms with van der Waals surface area (Å²) in [4.78, 5) is 19.5. The first-order chi connectivity index (χ1) is 18.9. The van der Waals surface area contributed by atoms with Crippen molar-refractivity contribution in [2.75, 3.05) is 50.8 Å². The van der Waals surface area contributed by atoms with E-state index in [1.165, 1.54) is 0 Å². The van der Waals surface area contributed by atoms with Gasteiger partial charge in [-0.3, -0.25) is 9.69 Å². The molecule has 5 rings (SSSR count). The van der Waals surface area contributed by atoms with Crippen LogP contribution in [0.4, 0.5) is 5.69 Å². The summed E-state index contributed by atoms with van der Waals surface area (Å²) in [7, 11) is 0. The first-order valence-electron chi connectivity index (χ1n) is 13.1. The van der Waals surface area contributed by atoms with Gasteiger partial charge in [-0.05, 0) is 49.4 Å². The van der Waals surface area contributed by atoms with Crippen LogP contribution in [0.2, 0.25) is 10.0 Å². The Bertz CT molecular complexity index is 1240. The lowest BCUT2D eigenvalue weighted by Crippen LogP contribution is -2.46. The largest absolute Gasteiger partial charge is 0.491 e. The summed E-state index contributed by atoms with van der Waals surface area (Å²) in [6.45, 7) is 5.55. The second-order valence-electron chi connectivity index (χ2n) is 9.79. The highest BCUT2D eigenvalue weighted by molar-refractivity contribution is 6.35. The fourth-order valence-corrected chi connectivity index (χ4v) is 5.55. The molecule has 0 aliphatic carbocycles. The lowest BCUT2D eigenvalue weighted by atomic mass is 10.1. The minimum Gasteiger partial charge on any atom is -0.491 e. The number of hydrogen-bond donors (Lipinski definition) is 1. The Morgan fingerprint density at radius 2 is 1.92 bits per heavy atom. The van der Waals surface area contributed by atoms with Crippen LogP contribution in [0.5, 0.6) is 5.75 Å². The van der Waals surface area contributed by atoms with E-state index in [-0.39, 0.29) is 12.5 Å². The van der Waals surface area contributed by atoms with Crippen LogP contribution in [-0.2, 0) is 26.6 Å². The predicted molar refractivity (Wildman–Crippen MR) is 149 cm³/mol. The molecule has 208 valence electrons. The van der Waals surface area contributed by atoms with Gasteiger partial charge in [-0.1, -0.05) is 29.3 Å². The van der Waals surface area contributed by atoms with Gasteiger partial charge in [0, 0.05) is 61.3 Å². The van der Waals surface area contributed by atoms with Gasteiger partial charge in [-0.25, -0.2) is 4.98 Å². The van der Waals surface area contributed by atoms with Gasteiger partial charge in [0.25, 0.3) is 0 Å². The number of ether oxygens (including phenoxy) is 3. The molecule has 1 N–H and O–H groups in total. The van der Waals surface area contributed by atoms with Crippen molar-refractivity contribution >= 4 is 34.9 Å². The number of hydrogen-bond acceptors (Lipinski definition) is 7. The van der Waals surface area contributed by atoms with E-state index in [1.54, 1.807) is 24.7 Å². The molecule has 11 heteroatoms. The highest BCUT2D eigenvalue weighted by Gasteiger charge is 2.45. The zero-order chi connectivity index (χ0) is 27.2. The van der Waals surface area contributed by atoms with Crippen LogP contribution in [0.3, 0.4) is 0 Å². The van der Waals surface area contributed by atoms with Gasteiger partial charge < -0.3 is 28.8 Å².